The summed E-state index contributed by atoms with van der Waals surface area (Å²) in [5, 5.41) is 5.77. The number of nitrogens with zero attached hydrogens (tertiary/aromatic N) is 1. The summed E-state index contributed by atoms with van der Waals surface area (Å²) >= 11 is 0. The summed E-state index contributed by atoms with van der Waals surface area (Å²) in [7, 11) is 1.68. The molecule has 5 heteroatoms. The van der Waals surface area contributed by atoms with Crippen molar-refractivity contribution >= 4 is 17.6 Å². The summed E-state index contributed by atoms with van der Waals surface area (Å²) in [5.74, 6) is -0.0179. The van der Waals surface area contributed by atoms with Gasteiger partial charge >= 0.3 is 6.03 Å². The lowest BCUT2D eigenvalue weighted by atomic mass is 9.76. The molecule has 0 bridgehead atoms. The molecule has 1 spiro atoms. The van der Waals surface area contributed by atoms with Crippen molar-refractivity contribution in [3.05, 3.63) is 29.8 Å². The molecule has 1 aromatic carbocycles. The summed E-state index contributed by atoms with van der Waals surface area (Å²) in [4.78, 5) is 26.8. The number of amides is 3. The van der Waals surface area contributed by atoms with Crippen LogP contribution in [0.4, 0.5) is 10.5 Å². The van der Waals surface area contributed by atoms with E-state index >= 15 is 0 Å². The second kappa shape index (κ2) is 6.22. The summed E-state index contributed by atoms with van der Waals surface area (Å²) in [6.45, 7) is 3.17. The van der Waals surface area contributed by atoms with Gasteiger partial charge in [-0.05, 0) is 31.4 Å². The molecule has 1 aromatic rings. The minimum absolute atomic E-state index is 0.0246. The fourth-order valence-corrected chi connectivity index (χ4v) is 4.15. The Kier molecular flexibility index (Phi) is 4.28. The molecule has 3 amide bonds. The van der Waals surface area contributed by atoms with Crippen molar-refractivity contribution in [2.24, 2.45) is 11.3 Å². The summed E-state index contributed by atoms with van der Waals surface area (Å²) < 4.78 is 0. The average molecular weight is 315 g/mol. The average Bonchev–Trinajstić information content (AvgIpc) is 3.17. The van der Waals surface area contributed by atoms with Crippen LogP contribution in [-0.4, -0.2) is 37.0 Å². The summed E-state index contributed by atoms with van der Waals surface area (Å²) in [6, 6.07) is 7.65. The number of nitrogens with one attached hydrogen (secondary N) is 2. The molecule has 2 fully saturated rings. The van der Waals surface area contributed by atoms with Gasteiger partial charge in [-0.25, -0.2) is 4.79 Å². The highest BCUT2D eigenvalue weighted by molar-refractivity contribution is 5.91. The molecule has 5 nitrogen and oxygen atoms in total. The van der Waals surface area contributed by atoms with Gasteiger partial charge in [0.05, 0.1) is 5.92 Å². The SMILES string of the molecule is CNC(=O)[C@H]1CN(C(=O)Nc2ccccc2C)CC12CCCC2. The first-order valence-electron chi connectivity index (χ1n) is 8.39. The highest BCUT2D eigenvalue weighted by atomic mass is 16.2. The number of hydrogen-bond acceptors (Lipinski definition) is 2. The van der Waals surface area contributed by atoms with Crippen molar-refractivity contribution in [1.82, 2.24) is 10.2 Å². The number of likely N-dealkylation sites (tertiary alicyclic amines) is 1. The van der Waals surface area contributed by atoms with Crippen LogP contribution in [0.1, 0.15) is 31.2 Å². The number of aryl methyl sites for hydroxylation is 1. The van der Waals surface area contributed by atoms with Crippen molar-refractivity contribution in [2.75, 3.05) is 25.5 Å². The summed E-state index contributed by atoms with van der Waals surface area (Å²) in [6.07, 6.45) is 4.39. The highest BCUT2D eigenvalue weighted by Gasteiger charge is 2.52. The molecule has 0 aromatic heterocycles. The van der Waals surface area contributed by atoms with Crippen LogP contribution < -0.4 is 10.6 Å². The number of urea groups is 1. The van der Waals surface area contributed by atoms with Crippen LogP contribution in [0.15, 0.2) is 24.3 Å². The minimum atomic E-state index is -0.100. The van der Waals surface area contributed by atoms with Crippen molar-refractivity contribution in [3.63, 3.8) is 0 Å². The van der Waals surface area contributed by atoms with E-state index in [-0.39, 0.29) is 23.3 Å². The molecule has 124 valence electrons. The van der Waals surface area contributed by atoms with Crippen LogP contribution in [0.3, 0.4) is 0 Å². The van der Waals surface area contributed by atoms with Crippen molar-refractivity contribution in [3.8, 4) is 0 Å². The second-order valence-corrected chi connectivity index (χ2v) is 6.86. The molecule has 1 aliphatic carbocycles. The molecule has 1 heterocycles. The Bertz CT molecular complexity index is 608. The molecule has 0 unspecified atom stereocenters. The molecule has 2 aliphatic rings. The Morgan fingerprint density at radius 1 is 1.22 bits per heavy atom. The normalized spacial score (nSPS) is 22.3. The van der Waals surface area contributed by atoms with Gasteiger partial charge in [0.1, 0.15) is 0 Å². The third kappa shape index (κ3) is 2.92. The van der Waals surface area contributed by atoms with E-state index in [9.17, 15) is 9.59 Å². The van der Waals surface area contributed by atoms with Gasteiger partial charge in [0.15, 0.2) is 0 Å². The smallest absolute Gasteiger partial charge is 0.321 e. The Balaban J connectivity index is 1.75. The van der Waals surface area contributed by atoms with Crippen LogP contribution in [-0.2, 0) is 4.79 Å². The van der Waals surface area contributed by atoms with Gasteiger partial charge in [0.25, 0.3) is 0 Å². The van der Waals surface area contributed by atoms with E-state index in [0.717, 1.165) is 36.9 Å². The number of anilines is 1. The zero-order valence-electron chi connectivity index (χ0n) is 13.9. The maximum Gasteiger partial charge on any atom is 0.321 e. The molecule has 1 aliphatic heterocycles. The van der Waals surface area contributed by atoms with Crippen molar-refractivity contribution < 1.29 is 9.59 Å². The molecule has 23 heavy (non-hydrogen) atoms. The van der Waals surface area contributed by atoms with E-state index in [4.69, 9.17) is 0 Å². The van der Waals surface area contributed by atoms with E-state index in [2.05, 4.69) is 10.6 Å². The van der Waals surface area contributed by atoms with E-state index in [0.29, 0.717) is 13.1 Å². The Labute approximate surface area is 137 Å². The van der Waals surface area contributed by atoms with Gasteiger partial charge in [-0.1, -0.05) is 31.0 Å². The maximum atomic E-state index is 12.6. The standard InChI is InChI=1S/C18H25N3O2/c1-13-7-3-4-8-15(13)20-17(23)21-11-14(16(22)19-2)18(12-21)9-5-6-10-18/h3-4,7-8,14H,5-6,9-12H2,1-2H3,(H,19,22)(H,20,23)/t14-/m1/s1. The van der Waals surface area contributed by atoms with Gasteiger partial charge in [-0.2, -0.15) is 0 Å². The molecular formula is C18H25N3O2. The van der Waals surface area contributed by atoms with Crippen LogP contribution in [0.2, 0.25) is 0 Å². The minimum Gasteiger partial charge on any atom is -0.359 e. The van der Waals surface area contributed by atoms with Crippen molar-refractivity contribution in [1.29, 1.82) is 0 Å². The number of rotatable bonds is 2. The van der Waals surface area contributed by atoms with Gasteiger partial charge < -0.3 is 15.5 Å². The first-order valence-corrected chi connectivity index (χ1v) is 8.39. The number of benzene rings is 1. The molecular weight excluding hydrogens is 290 g/mol. The summed E-state index contributed by atoms with van der Waals surface area (Å²) in [5.41, 5.74) is 1.85. The second-order valence-electron chi connectivity index (χ2n) is 6.86. The highest BCUT2D eigenvalue weighted by Crippen LogP contribution is 2.49. The number of carbonyl (C=O) groups excluding carboxylic acids is 2. The predicted octanol–water partition coefficient (Wildman–Crippen LogP) is 2.77. The molecule has 2 N–H and O–H groups in total. The van der Waals surface area contributed by atoms with Crippen LogP contribution in [0.5, 0.6) is 0 Å². The van der Waals surface area contributed by atoms with Gasteiger partial charge in [0.2, 0.25) is 5.91 Å². The lowest BCUT2D eigenvalue weighted by Gasteiger charge is -2.28. The zero-order chi connectivity index (χ0) is 16.4. The monoisotopic (exact) mass is 315 g/mol. The van der Waals surface area contributed by atoms with Crippen LogP contribution in [0.25, 0.3) is 0 Å². The predicted molar refractivity (Wildman–Crippen MR) is 90.2 cm³/mol. The van der Waals surface area contributed by atoms with Crippen LogP contribution in [0, 0.1) is 18.3 Å². The molecule has 3 rings (SSSR count). The topological polar surface area (TPSA) is 61.4 Å². The number of para-hydroxylation sites is 1. The fraction of sp³-hybridized carbons (Fsp3) is 0.556. The van der Waals surface area contributed by atoms with Gasteiger partial charge in [-0.15, -0.1) is 0 Å². The first-order chi connectivity index (χ1) is 11.1. The van der Waals surface area contributed by atoms with Crippen molar-refractivity contribution in [2.45, 2.75) is 32.6 Å². The van der Waals surface area contributed by atoms with E-state index in [1.54, 1.807) is 7.05 Å². The molecule has 1 atom stereocenters. The Morgan fingerprint density at radius 3 is 2.57 bits per heavy atom. The zero-order valence-corrected chi connectivity index (χ0v) is 13.9. The number of carbonyl (C=O) groups is 2. The largest absolute Gasteiger partial charge is 0.359 e. The lowest BCUT2D eigenvalue weighted by Crippen LogP contribution is -2.38. The fourth-order valence-electron chi connectivity index (χ4n) is 4.15. The number of hydrogen-bond donors (Lipinski definition) is 2. The lowest BCUT2D eigenvalue weighted by molar-refractivity contribution is -0.127. The Hall–Kier alpha value is -2.04. The maximum absolute atomic E-state index is 12.6. The van der Waals surface area contributed by atoms with E-state index < -0.39 is 0 Å². The van der Waals surface area contributed by atoms with Crippen LogP contribution >= 0.6 is 0 Å². The molecule has 0 radical (unpaired) electrons. The first kappa shape index (κ1) is 15.8. The van der Waals surface area contributed by atoms with E-state index in [1.165, 1.54) is 0 Å². The Morgan fingerprint density at radius 2 is 1.91 bits per heavy atom. The van der Waals surface area contributed by atoms with E-state index in [1.807, 2.05) is 36.1 Å². The van der Waals surface area contributed by atoms with Gasteiger partial charge in [0, 0.05) is 31.2 Å². The molecule has 1 saturated heterocycles. The third-order valence-electron chi connectivity index (χ3n) is 5.48. The third-order valence-corrected chi connectivity index (χ3v) is 5.48. The quantitative estimate of drug-likeness (QED) is 0.881. The molecule has 1 saturated carbocycles. The van der Waals surface area contributed by atoms with Gasteiger partial charge in [-0.3, -0.25) is 4.79 Å².